The van der Waals surface area contributed by atoms with E-state index in [1.165, 1.54) is 17.7 Å². The van der Waals surface area contributed by atoms with Crippen LogP contribution in [0.4, 0.5) is 0 Å². The molecule has 2 rings (SSSR count). The molecule has 1 heterocycles. The van der Waals surface area contributed by atoms with Crippen molar-refractivity contribution in [1.82, 2.24) is 15.5 Å². The molecule has 1 fully saturated rings. The molecular formula is C22H35N3O3. The number of nitrogens with zero attached hydrogens (tertiary/aromatic N) is 1. The van der Waals surface area contributed by atoms with Crippen molar-refractivity contribution >= 4 is 11.8 Å². The van der Waals surface area contributed by atoms with Crippen LogP contribution in [-0.4, -0.2) is 50.5 Å². The van der Waals surface area contributed by atoms with E-state index < -0.39 is 0 Å². The molecule has 2 amide bonds. The van der Waals surface area contributed by atoms with Gasteiger partial charge in [0.1, 0.15) is 5.75 Å². The minimum Gasteiger partial charge on any atom is -0.483 e. The van der Waals surface area contributed by atoms with Gasteiger partial charge in [-0.05, 0) is 50.3 Å². The van der Waals surface area contributed by atoms with Crippen LogP contribution < -0.4 is 15.4 Å². The van der Waals surface area contributed by atoms with Gasteiger partial charge in [0.25, 0.3) is 5.91 Å². The first-order chi connectivity index (χ1) is 13.4. The standard InChI is InChI=1S/C22H35N3O3/c1-5-19(24-21(26)13-16(2)17-9-8-12-23-14-17)18-10-6-7-11-20(18)28-15-22(27)25(3)4/h6-7,10-11,16-17,19,23H,5,8-9,12-15H2,1-4H3,(H,24,26). The Morgan fingerprint density at radius 3 is 2.71 bits per heavy atom. The Balaban J connectivity index is 1.98. The lowest BCUT2D eigenvalue weighted by atomic mass is 9.85. The lowest BCUT2D eigenvalue weighted by Crippen LogP contribution is -2.36. The molecule has 0 bridgehead atoms. The second-order valence-electron chi connectivity index (χ2n) is 7.93. The van der Waals surface area contributed by atoms with Crippen LogP contribution in [0.1, 0.15) is 51.1 Å². The van der Waals surface area contributed by atoms with Gasteiger partial charge in [-0.3, -0.25) is 9.59 Å². The summed E-state index contributed by atoms with van der Waals surface area (Å²) in [7, 11) is 3.41. The number of hydrogen-bond acceptors (Lipinski definition) is 4. The normalized spacial score (nSPS) is 18.8. The Bertz CT molecular complexity index is 642. The fraction of sp³-hybridized carbons (Fsp3) is 0.636. The maximum atomic E-state index is 12.7. The van der Waals surface area contributed by atoms with E-state index in [0.717, 1.165) is 25.1 Å². The van der Waals surface area contributed by atoms with Crippen molar-refractivity contribution in [2.45, 2.75) is 45.6 Å². The highest BCUT2D eigenvalue weighted by atomic mass is 16.5. The van der Waals surface area contributed by atoms with Gasteiger partial charge in [0, 0.05) is 26.1 Å². The van der Waals surface area contributed by atoms with E-state index in [-0.39, 0.29) is 24.5 Å². The van der Waals surface area contributed by atoms with Crippen molar-refractivity contribution in [2.75, 3.05) is 33.8 Å². The van der Waals surface area contributed by atoms with Crippen molar-refractivity contribution in [2.24, 2.45) is 11.8 Å². The molecule has 0 radical (unpaired) electrons. The lowest BCUT2D eigenvalue weighted by Gasteiger charge is -2.28. The van der Waals surface area contributed by atoms with E-state index in [0.29, 0.717) is 24.0 Å². The molecule has 6 nitrogen and oxygen atoms in total. The average molecular weight is 390 g/mol. The van der Waals surface area contributed by atoms with Gasteiger partial charge in [0.05, 0.1) is 6.04 Å². The molecule has 1 aliphatic rings. The highest BCUT2D eigenvalue weighted by molar-refractivity contribution is 5.77. The summed E-state index contributed by atoms with van der Waals surface area (Å²) in [6.07, 6.45) is 3.66. The molecule has 0 aliphatic carbocycles. The molecule has 3 atom stereocenters. The van der Waals surface area contributed by atoms with Crippen LogP contribution >= 0.6 is 0 Å². The maximum absolute atomic E-state index is 12.7. The van der Waals surface area contributed by atoms with Crippen molar-refractivity contribution in [3.63, 3.8) is 0 Å². The maximum Gasteiger partial charge on any atom is 0.259 e. The third-order valence-electron chi connectivity index (χ3n) is 5.53. The number of likely N-dealkylation sites (N-methyl/N-ethyl adjacent to an activating group) is 1. The van der Waals surface area contributed by atoms with Gasteiger partial charge in [0.15, 0.2) is 6.61 Å². The van der Waals surface area contributed by atoms with Crippen LogP contribution in [0.25, 0.3) is 0 Å². The predicted octanol–water partition coefficient (Wildman–Crippen LogP) is 2.75. The molecule has 3 unspecified atom stereocenters. The summed E-state index contributed by atoms with van der Waals surface area (Å²) in [5, 5.41) is 6.60. The van der Waals surface area contributed by atoms with Crippen molar-refractivity contribution in [3.8, 4) is 5.75 Å². The smallest absolute Gasteiger partial charge is 0.259 e. The number of benzene rings is 1. The summed E-state index contributed by atoms with van der Waals surface area (Å²) in [6, 6.07) is 7.49. The Kier molecular flexibility index (Phi) is 8.77. The Morgan fingerprint density at radius 1 is 1.32 bits per heavy atom. The number of rotatable bonds is 9. The third kappa shape index (κ3) is 6.51. The number of nitrogens with one attached hydrogen (secondary N) is 2. The molecule has 156 valence electrons. The molecule has 0 aromatic heterocycles. The van der Waals surface area contributed by atoms with E-state index in [1.54, 1.807) is 14.1 Å². The summed E-state index contributed by atoms with van der Waals surface area (Å²) < 4.78 is 5.75. The zero-order valence-electron chi connectivity index (χ0n) is 17.7. The number of carbonyl (C=O) groups is 2. The van der Waals surface area contributed by atoms with E-state index in [1.807, 2.05) is 31.2 Å². The van der Waals surface area contributed by atoms with Crippen LogP contribution in [0.15, 0.2) is 24.3 Å². The fourth-order valence-corrected chi connectivity index (χ4v) is 3.64. The molecule has 6 heteroatoms. The summed E-state index contributed by atoms with van der Waals surface area (Å²) in [6.45, 7) is 6.28. The van der Waals surface area contributed by atoms with Crippen molar-refractivity contribution < 1.29 is 14.3 Å². The minimum atomic E-state index is -0.130. The van der Waals surface area contributed by atoms with Gasteiger partial charge >= 0.3 is 0 Å². The summed E-state index contributed by atoms with van der Waals surface area (Å²) in [5.41, 5.74) is 0.914. The minimum absolute atomic E-state index is 0.0138. The number of ether oxygens (including phenoxy) is 1. The molecular weight excluding hydrogens is 354 g/mol. The Labute approximate surface area is 169 Å². The van der Waals surface area contributed by atoms with E-state index in [2.05, 4.69) is 17.6 Å². The number of para-hydroxylation sites is 1. The summed E-state index contributed by atoms with van der Waals surface area (Å²) in [4.78, 5) is 26.0. The van der Waals surface area contributed by atoms with Gasteiger partial charge in [-0.25, -0.2) is 0 Å². The molecule has 1 aromatic rings. The second kappa shape index (κ2) is 11.1. The molecule has 1 aromatic carbocycles. The SMILES string of the molecule is CCC(NC(=O)CC(C)C1CCCNC1)c1ccccc1OCC(=O)N(C)C. The van der Waals surface area contributed by atoms with E-state index in [9.17, 15) is 9.59 Å². The van der Waals surface area contributed by atoms with Gasteiger partial charge in [0.2, 0.25) is 5.91 Å². The number of carbonyl (C=O) groups excluding carboxylic acids is 2. The summed E-state index contributed by atoms with van der Waals surface area (Å²) >= 11 is 0. The predicted molar refractivity (Wildman–Crippen MR) is 111 cm³/mol. The van der Waals surface area contributed by atoms with Crippen molar-refractivity contribution in [1.29, 1.82) is 0 Å². The zero-order valence-corrected chi connectivity index (χ0v) is 17.7. The molecule has 0 saturated carbocycles. The Hall–Kier alpha value is -2.08. The topological polar surface area (TPSA) is 70.7 Å². The van der Waals surface area contributed by atoms with Crippen LogP contribution in [0.2, 0.25) is 0 Å². The number of amides is 2. The van der Waals surface area contributed by atoms with Crippen LogP contribution in [-0.2, 0) is 9.59 Å². The first kappa shape index (κ1) is 22.2. The number of hydrogen-bond donors (Lipinski definition) is 2. The van der Waals surface area contributed by atoms with Crippen LogP contribution in [0, 0.1) is 11.8 Å². The Morgan fingerprint density at radius 2 is 2.07 bits per heavy atom. The highest BCUT2D eigenvalue weighted by Crippen LogP contribution is 2.28. The van der Waals surface area contributed by atoms with Crippen molar-refractivity contribution in [3.05, 3.63) is 29.8 Å². The van der Waals surface area contributed by atoms with Gasteiger partial charge in [-0.2, -0.15) is 0 Å². The fourth-order valence-electron chi connectivity index (χ4n) is 3.64. The average Bonchev–Trinajstić information content (AvgIpc) is 2.71. The quantitative estimate of drug-likeness (QED) is 0.681. The largest absolute Gasteiger partial charge is 0.483 e. The highest BCUT2D eigenvalue weighted by Gasteiger charge is 2.24. The van der Waals surface area contributed by atoms with Gasteiger partial charge in [-0.1, -0.05) is 32.0 Å². The van der Waals surface area contributed by atoms with E-state index in [4.69, 9.17) is 4.74 Å². The van der Waals surface area contributed by atoms with Gasteiger partial charge in [-0.15, -0.1) is 0 Å². The van der Waals surface area contributed by atoms with E-state index >= 15 is 0 Å². The molecule has 1 aliphatic heterocycles. The first-order valence-electron chi connectivity index (χ1n) is 10.3. The summed E-state index contributed by atoms with van der Waals surface area (Å²) in [5.74, 6) is 1.54. The van der Waals surface area contributed by atoms with Crippen LogP contribution in [0.5, 0.6) is 5.75 Å². The van der Waals surface area contributed by atoms with Crippen LogP contribution in [0.3, 0.4) is 0 Å². The molecule has 1 saturated heterocycles. The molecule has 28 heavy (non-hydrogen) atoms. The molecule has 2 N–H and O–H groups in total. The monoisotopic (exact) mass is 389 g/mol. The lowest BCUT2D eigenvalue weighted by molar-refractivity contribution is -0.130. The number of piperidine rings is 1. The third-order valence-corrected chi connectivity index (χ3v) is 5.53. The van der Waals surface area contributed by atoms with Gasteiger partial charge < -0.3 is 20.3 Å². The molecule has 0 spiro atoms. The first-order valence-corrected chi connectivity index (χ1v) is 10.3. The second-order valence-corrected chi connectivity index (χ2v) is 7.93. The zero-order chi connectivity index (χ0) is 20.5.